The highest BCUT2D eigenvalue weighted by molar-refractivity contribution is 7.98. The van der Waals surface area contributed by atoms with Gasteiger partial charge in [-0.25, -0.2) is 9.37 Å². The first-order valence-corrected chi connectivity index (χ1v) is 10.4. The van der Waals surface area contributed by atoms with E-state index in [1.165, 1.54) is 12.1 Å². The second kappa shape index (κ2) is 7.67. The average molecular weight is 451 g/mol. The molecule has 0 unspecified atom stereocenters. The van der Waals surface area contributed by atoms with Gasteiger partial charge in [0.25, 0.3) is 21.0 Å². The van der Waals surface area contributed by atoms with Crippen molar-refractivity contribution in [1.29, 1.82) is 0 Å². The van der Waals surface area contributed by atoms with E-state index in [0.29, 0.717) is 11.1 Å². The van der Waals surface area contributed by atoms with E-state index in [9.17, 15) is 26.0 Å². The molecule has 0 fully saturated rings. The van der Waals surface area contributed by atoms with Crippen LogP contribution in [-0.2, 0) is 22.9 Å². The van der Waals surface area contributed by atoms with E-state index >= 15 is 0 Å². The summed E-state index contributed by atoms with van der Waals surface area (Å²) >= 11 is 1.14. The van der Waals surface area contributed by atoms with E-state index in [0.717, 1.165) is 29.5 Å². The SMILES string of the molecule is COc1cccc(C(F)(F)F)c1NS(=O)(=O)c1nc2nc(CF)cc(SC)n2n1. The van der Waals surface area contributed by atoms with Crippen LogP contribution in [0.25, 0.3) is 5.78 Å². The number of ether oxygens (including phenoxy) is 1. The molecule has 0 aliphatic carbocycles. The Bertz CT molecular complexity index is 1160. The predicted molar refractivity (Wildman–Crippen MR) is 96.2 cm³/mol. The molecule has 2 heterocycles. The summed E-state index contributed by atoms with van der Waals surface area (Å²) in [6.45, 7) is -0.909. The highest BCUT2D eigenvalue weighted by Gasteiger charge is 2.37. The maximum absolute atomic E-state index is 13.3. The number of para-hydroxylation sites is 1. The highest BCUT2D eigenvalue weighted by Crippen LogP contribution is 2.40. The van der Waals surface area contributed by atoms with Gasteiger partial charge in [0.15, 0.2) is 0 Å². The molecule has 0 radical (unpaired) electrons. The summed E-state index contributed by atoms with van der Waals surface area (Å²) in [5.41, 5.74) is -2.04. The Morgan fingerprint density at radius 3 is 2.59 bits per heavy atom. The largest absolute Gasteiger partial charge is 0.495 e. The standard InChI is InChI=1S/C15H13F4N5O3S2/c1-27-10-5-3-4-9(15(17,18)19)12(10)23-29(25,26)14-21-13-20-8(7-16)6-11(28-2)24(13)22-14/h3-6,23H,7H2,1-2H3. The van der Waals surface area contributed by atoms with Crippen molar-refractivity contribution in [2.45, 2.75) is 23.0 Å². The number of benzene rings is 1. The minimum Gasteiger partial charge on any atom is -0.495 e. The number of methoxy groups -OCH3 is 1. The number of hydrogen-bond donors (Lipinski definition) is 1. The van der Waals surface area contributed by atoms with Crippen molar-refractivity contribution in [1.82, 2.24) is 19.6 Å². The molecule has 0 aliphatic rings. The molecule has 1 aromatic carbocycles. The van der Waals surface area contributed by atoms with Gasteiger partial charge < -0.3 is 4.74 Å². The Morgan fingerprint density at radius 2 is 2.00 bits per heavy atom. The topological polar surface area (TPSA) is 98.5 Å². The molecule has 0 bridgehead atoms. The molecule has 0 aliphatic heterocycles. The number of nitrogens with zero attached hydrogens (tertiary/aromatic N) is 4. The summed E-state index contributed by atoms with van der Waals surface area (Å²) < 4.78 is 86.0. The maximum Gasteiger partial charge on any atom is 0.418 e. The molecule has 0 spiro atoms. The summed E-state index contributed by atoms with van der Waals surface area (Å²) in [6, 6.07) is 4.32. The summed E-state index contributed by atoms with van der Waals surface area (Å²) in [4.78, 5) is 7.57. The number of rotatable bonds is 6. The van der Waals surface area contributed by atoms with E-state index in [1.807, 2.05) is 4.72 Å². The average Bonchev–Trinajstić information content (AvgIpc) is 3.11. The number of alkyl halides is 4. The van der Waals surface area contributed by atoms with Crippen molar-refractivity contribution in [3.8, 4) is 5.75 Å². The fourth-order valence-electron chi connectivity index (χ4n) is 2.42. The van der Waals surface area contributed by atoms with Gasteiger partial charge in [-0.3, -0.25) is 4.72 Å². The van der Waals surface area contributed by atoms with Gasteiger partial charge in [0.05, 0.1) is 18.4 Å². The van der Waals surface area contributed by atoms with E-state index in [1.54, 1.807) is 6.26 Å². The van der Waals surface area contributed by atoms with Gasteiger partial charge in [-0.1, -0.05) is 6.07 Å². The van der Waals surface area contributed by atoms with E-state index < -0.39 is 39.3 Å². The van der Waals surface area contributed by atoms with Gasteiger partial charge in [0.1, 0.15) is 23.1 Å². The molecule has 29 heavy (non-hydrogen) atoms. The Morgan fingerprint density at radius 1 is 1.28 bits per heavy atom. The monoisotopic (exact) mass is 451 g/mol. The van der Waals surface area contributed by atoms with Crippen molar-refractivity contribution in [2.24, 2.45) is 0 Å². The number of anilines is 1. The van der Waals surface area contributed by atoms with Crippen LogP contribution in [0.2, 0.25) is 0 Å². The van der Waals surface area contributed by atoms with Crippen LogP contribution in [0, 0.1) is 0 Å². The van der Waals surface area contributed by atoms with Crippen LogP contribution in [0.15, 0.2) is 34.4 Å². The molecule has 0 amide bonds. The molecule has 156 valence electrons. The molecular formula is C15H13F4N5O3S2. The molecule has 14 heteroatoms. The maximum atomic E-state index is 13.3. The zero-order valence-corrected chi connectivity index (χ0v) is 16.5. The summed E-state index contributed by atoms with van der Waals surface area (Å²) in [6.07, 6.45) is -3.20. The fourth-order valence-corrected chi connectivity index (χ4v) is 3.93. The third-order valence-electron chi connectivity index (χ3n) is 3.69. The lowest BCUT2D eigenvalue weighted by Crippen LogP contribution is -2.19. The zero-order valence-electron chi connectivity index (χ0n) is 14.9. The molecule has 3 aromatic rings. The normalized spacial score (nSPS) is 12.3. The molecule has 0 atom stereocenters. The minimum atomic E-state index is -4.84. The number of nitrogens with one attached hydrogen (secondary N) is 1. The summed E-state index contributed by atoms with van der Waals surface area (Å²) in [5.74, 6) is -0.546. The van der Waals surface area contributed by atoms with Crippen LogP contribution in [0.4, 0.5) is 23.2 Å². The smallest absolute Gasteiger partial charge is 0.418 e. The van der Waals surface area contributed by atoms with Crippen LogP contribution < -0.4 is 9.46 Å². The van der Waals surface area contributed by atoms with Gasteiger partial charge in [-0.15, -0.1) is 16.9 Å². The number of fused-ring (bicyclic) bond motifs is 1. The number of halogens is 4. The molecule has 1 N–H and O–H groups in total. The van der Waals surface area contributed by atoms with Crippen molar-refractivity contribution < 1.29 is 30.7 Å². The first-order valence-electron chi connectivity index (χ1n) is 7.74. The molecule has 0 saturated heterocycles. The van der Waals surface area contributed by atoms with Crippen molar-refractivity contribution >= 4 is 33.3 Å². The number of sulfonamides is 1. The highest BCUT2D eigenvalue weighted by atomic mass is 32.2. The van der Waals surface area contributed by atoms with Crippen molar-refractivity contribution in [2.75, 3.05) is 18.1 Å². The molecule has 8 nitrogen and oxygen atoms in total. The lowest BCUT2D eigenvalue weighted by atomic mass is 10.1. The summed E-state index contributed by atoms with van der Waals surface area (Å²) in [7, 11) is -3.55. The fraction of sp³-hybridized carbons (Fsp3) is 0.267. The van der Waals surface area contributed by atoms with Crippen molar-refractivity contribution in [3.63, 3.8) is 0 Å². The van der Waals surface area contributed by atoms with Crippen LogP contribution in [0.1, 0.15) is 11.3 Å². The van der Waals surface area contributed by atoms with E-state index in [-0.39, 0.29) is 17.2 Å². The Kier molecular flexibility index (Phi) is 5.58. The second-order valence-electron chi connectivity index (χ2n) is 5.52. The van der Waals surface area contributed by atoms with Gasteiger partial charge in [-0.05, 0) is 24.5 Å². The number of hydrogen-bond acceptors (Lipinski definition) is 7. The van der Waals surface area contributed by atoms with Crippen molar-refractivity contribution in [3.05, 3.63) is 35.5 Å². The lowest BCUT2D eigenvalue weighted by Gasteiger charge is -2.16. The van der Waals surface area contributed by atoms with E-state index in [2.05, 4.69) is 15.1 Å². The molecule has 3 rings (SSSR count). The second-order valence-corrected chi connectivity index (χ2v) is 7.92. The Hall–Kier alpha value is -2.61. The van der Waals surface area contributed by atoms with Crippen LogP contribution in [-0.4, -0.2) is 41.4 Å². The quantitative estimate of drug-likeness (QED) is 0.349. The lowest BCUT2D eigenvalue weighted by molar-refractivity contribution is -0.137. The Balaban J connectivity index is 2.12. The van der Waals surface area contributed by atoms with Gasteiger partial charge in [0.2, 0.25) is 0 Å². The third-order valence-corrected chi connectivity index (χ3v) is 5.52. The zero-order chi connectivity index (χ0) is 21.4. The third kappa shape index (κ3) is 4.07. The predicted octanol–water partition coefficient (Wildman–Crippen LogP) is 3.14. The first kappa shape index (κ1) is 21.1. The Labute approximate surface area is 166 Å². The van der Waals surface area contributed by atoms with Gasteiger partial charge in [-0.2, -0.15) is 31.1 Å². The van der Waals surface area contributed by atoms with E-state index in [4.69, 9.17) is 4.74 Å². The number of aromatic nitrogens is 4. The number of thioether (sulfide) groups is 1. The minimum absolute atomic E-state index is 0.00948. The molecule has 2 aromatic heterocycles. The van der Waals surface area contributed by atoms with Crippen LogP contribution in [0.5, 0.6) is 5.75 Å². The molecule has 0 saturated carbocycles. The van der Waals surface area contributed by atoms with Gasteiger partial charge in [0, 0.05) is 0 Å². The summed E-state index contributed by atoms with van der Waals surface area (Å²) in [5, 5.41) is 3.33. The first-order chi connectivity index (χ1) is 13.6. The van der Waals surface area contributed by atoms with Gasteiger partial charge >= 0.3 is 6.18 Å². The molecular weight excluding hydrogens is 438 g/mol. The van der Waals surface area contributed by atoms with Crippen LogP contribution >= 0.6 is 11.8 Å². The van der Waals surface area contributed by atoms with Crippen LogP contribution in [0.3, 0.4) is 0 Å².